The predicted molar refractivity (Wildman–Crippen MR) is 158 cm³/mol. The Balaban J connectivity index is 1.36. The van der Waals surface area contributed by atoms with E-state index in [0.717, 1.165) is 28.0 Å². The molecule has 6 rings (SSSR count). The maximum atomic E-state index is 13.9. The highest BCUT2D eigenvalue weighted by atomic mass is 35.5. The summed E-state index contributed by atoms with van der Waals surface area (Å²) in [5.41, 5.74) is 1.34. The van der Waals surface area contributed by atoms with E-state index in [1.54, 1.807) is 54.6 Å². The summed E-state index contributed by atoms with van der Waals surface area (Å²) in [6, 6.07) is 17.2. The number of carbonyl (C=O) groups is 3. The molecule has 2 aliphatic heterocycles. The second-order valence-corrected chi connectivity index (χ2v) is 12.3. The second kappa shape index (κ2) is 10.9. The number of hydrogen-bond acceptors (Lipinski definition) is 8. The van der Waals surface area contributed by atoms with Crippen LogP contribution in [-0.2, 0) is 14.4 Å². The summed E-state index contributed by atoms with van der Waals surface area (Å²) in [7, 11) is 0. The number of carbonyl (C=O) groups excluding carboxylic acids is 3. The average Bonchev–Trinajstić information content (AvgIpc) is 3.44. The number of imide groups is 1. The number of aromatic amines is 1. The van der Waals surface area contributed by atoms with E-state index in [9.17, 15) is 24.3 Å². The number of nitrogens with zero attached hydrogens (tertiary/aromatic N) is 1. The maximum absolute atomic E-state index is 13.9. The van der Waals surface area contributed by atoms with Crippen molar-refractivity contribution in [2.75, 3.05) is 16.8 Å². The molecule has 0 radical (unpaired) electrons. The zero-order valence-corrected chi connectivity index (χ0v) is 23.9. The van der Waals surface area contributed by atoms with Gasteiger partial charge in [0.15, 0.2) is 6.61 Å². The number of phenols is 1. The van der Waals surface area contributed by atoms with Gasteiger partial charge in [0, 0.05) is 32.1 Å². The highest BCUT2D eigenvalue weighted by molar-refractivity contribution is 8.00. The Hall–Kier alpha value is -3.77. The minimum atomic E-state index is -0.867. The van der Waals surface area contributed by atoms with Gasteiger partial charge in [0.1, 0.15) is 16.7 Å². The third kappa shape index (κ3) is 5.21. The van der Waals surface area contributed by atoms with Crippen LogP contribution in [0, 0.1) is 5.92 Å². The lowest BCUT2D eigenvalue weighted by Gasteiger charge is -2.31. The topological polar surface area (TPSA) is 129 Å². The van der Waals surface area contributed by atoms with E-state index in [1.165, 1.54) is 12.1 Å². The molecule has 3 heterocycles. The monoisotopic (exact) mass is 627 g/mol. The molecule has 4 aromatic rings. The highest BCUT2D eigenvalue weighted by Crippen LogP contribution is 2.54. The molecule has 3 atom stereocenters. The first-order valence-corrected chi connectivity index (χ1v) is 14.7. The number of hydrogen-bond donors (Lipinski definition) is 3. The first-order chi connectivity index (χ1) is 19.7. The van der Waals surface area contributed by atoms with Crippen molar-refractivity contribution in [2.24, 2.45) is 5.92 Å². The Morgan fingerprint density at radius 3 is 2.41 bits per heavy atom. The maximum Gasteiger partial charge on any atom is 0.305 e. The summed E-state index contributed by atoms with van der Waals surface area (Å²) in [6.07, 6.45) is 0. The summed E-state index contributed by atoms with van der Waals surface area (Å²) < 4.78 is 5.93. The molecule has 3 N–H and O–H groups in total. The van der Waals surface area contributed by atoms with Crippen molar-refractivity contribution in [3.63, 3.8) is 0 Å². The quantitative estimate of drug-likeness (QED) is 0.196. The number of aromatic nitrogens is 1. The molecule has 2 aliphatic rings. The molecule has 0 saturated carbocycles. The number of phenolic OH excluding ortho intramolecular Hbond substituents is 1. The van der Waals surface area contributed by atoms with E-state index >= 15 is 0 Å². The van der Waals surface area contributed by atoms with Gasteiger partial charge in [-0.2, -0.15) is 0 Å². The van der Waals surface area contributed by atoms with Gasteiger partial charge in [-0.05, 0) is 66.7 Å². The number of thioether (sulfide) groups is 1. The van der Waals surface area contributed by atoms with Crippen LogP contribution in [0.25, 0.3) is 0 Å². The van der Waals surface area contributed by atoms with Crippen LogP contribution in [0.2, 0.25) is 10.0 Å². The Bertz CT molecular complexity index is 1740. The minimum Gasteiger partial charge on any atom is -0.508 e. The number of ether oxygens (including phenoxy) is 1. The number of aromatic hydroxyl groups is 1. The second-order valence-electron chi connectivity index (χ2n) is 9.30. The molecule has 0 aliphatic carbocycles. The number of anilines is 2. The molecule has 1 saturated heterocycles. The predicted octanol–water partition coefficient (Wildman–Crippen LogP) is 5.26. The van der Waals surface area contributed by atoms with E-state index < -0.39 is 34.8 Å². The third-order valence-corrected chi connectivity index (χ3v) is 9.61. The van der Waals surface area contributed by atoms with Crippen molar-refractivity contribution < 1.29 is 24.2 Å². The van der Waals surface area contributed by atoms with E-state index in [0.29, 0.717) is 36.9 Å². The molecular formula is C28H19Cl2N3O6S2. The van der Waals surface area contributed by atoms with Gasteiger partial charge in [-0.1, -0.05) is 46.3 Å². The molecular weight excluding hydrogens is 609 g/mol. The van der Waals surface area contributed by atoms with Gasteiger partial charge in [-0.15, -0.1) is 0 Å². The van der Waals surface area contributed by atoms with Crippen LogP contribution in [0.5, 0.6) is 11.5 Å². The summed E-state index contributed by atoms with van der Waals surface area (Å²) in [6.45, 7) is -0.370. The highest BCUT2D eigenvalue weighted by Gasteiger charge is 2.56. The average molecular weight is 629 g/mol. The van der Waals surface area contributed by atoms with Crippen LogP contribution in [0.1, 0.15) is 16.4 Å². The molecule has 3 aromatic carbocycles. The van der Waals surface area contributed by atoms with Crippen LogP contribution in [0.4, 0.5) is 11.4 Å². The molecule has 13 heteroatoms. The number of fused-ring (bicyclic) bond motifs is 2. The fourth-order valence-corrected chi connectivity index (χ4v) is 7.79. The van der Waals surface area contributed by atoms with Crippen molar-refractivity contribution in [1.82, 2.24) is 4.98 Å². The van der Waals surface area contributed by atoms with Gasteiger partial charge in [0.2, 0.25) is 11.8 Å². The van der Waals surface area contributed by atoms with Crippen LogP contribution < -0.4 is 19.8 Å². The van der Waals surface area contributed by atoms with Crippen molar-refractivity contribution in [1.29, 1.82) is 0 Å². The van der Waals surface area contributed by atoms with Crippen molar-refractivity contribution in [2.45, 2.75) is 16.2 Å². The Labute approximate surface area is 251 Å². The van der Waals surface area contributed by atoms with Gasteiger partial charge in [0.05, 0.1) is 16.6 Å². The van der Waals surface area contributed by atoms with Crippen molar-refractivity contribution in [3.8, 4) is 11.5 Å². The first-order valence-electron chi connectivity index (χ1n) is 12.2. The number of rotatable bonds is 6. The number of amides is 3. The molecule has 9 nitrogen and oxygen atoms in total. The number of halogens is 2. The van der Waals surface area contributed by atoms with Crippen LogP contribution in [-0.4, -0.2) is 39.7 Å². The van der Waals surface area contributed by atoms with Crippen molar-refractivity contribution >= 4 is 75.4 Å². The molecule has 41 heavy (non-hydrogen) atoms. The number of thiazole rings is 1. The number of H-pyrrole nitrogens is 1. The molecule has 0 bridgehead atoms. The fraction of sp³-hybridized carbons (Fsp3) is 0.143. The molecule has 208 valence electrons. The van der Waals surface area contributed by atoms with E-state index in [1.807, 2.05) is 0 Å². The van der Waals surface area contributed by atoms with E-state index in [-0.39, 0.29) is 23.0 Å². The lowest BCUT2D eigenvalue weighted by molar-refractivity contribution is -0.122. The molecule has 1 aromatic heterocycles. The van der Waals surface area contributed by atoms with E-state index in [4.69, 9.17) is 27.9 Å². The lowest BCUT2D eigenvalue weighted by atomic mass is 9.82. The number of nitrogens with one attached hydrogen (secondary N) is 2. The summed E-state index contributed by atoms with van der Waals surface area (Å²) in [4.78, 5) is 56.8. The Morgan fingerprint density at radius 1 is 0.976 bits per heavy atom. The SMILES string of the molecule is O=C(COc1ccc(Cl)cc1[C@H]1c2sc(=O)[nH]c2SC2C(=O)N(c3ccc(Cl)cc3)C(=O)C21)Nc1ccc(O)cc1. The zero-order chi connectivity index (χ0) is 28.8. The summed E-state index contributed by atoms with van der Waals surface area (Å²) in [5.74, 6) is -2.56. The largest absolute Gasteiger partial charge is 0.508 e. The molecule has 2 unspecified atom stereocenters. The van der Waals surface area contributed by atoms with Crippen LogP contribution >= 0.6 is 46.3 Å². The fourth-order valence-electron chi connectivity index (χ4n) is 4.98. The van der Waals surface area contributed by atoms with Crippen molar-refractivity contribution in [3.05, 3.63) is 96.9 Å². The third-order valence-electron chi connectivity index (χ3n) is 6.73. The molecule has 0 spiro atoms. The first kappa shape index (κ1) is 27.4. The standard InChI is InChI=1S/C28H19Cl2N3O6S2/c29-13-1-6-16(7-2-13)33-26(36)22-21(23-25(32-28(38)41-23)40-24(22)27(33)37)18-11-14(30)3-10-19(18)39-12-20(35)31-15-4-8-17(34)9-5-15/h1-11,21-22,24,34H,12H2,(H,31,35)(H,32,38)/t21-,22?,24?/m1/s1. The van der Waals surface area contributed by atoms with Crippen LogP contribution in [0.15, 0.2) is 76.6 Å². The summed E-state index contributed by atoms with van der Waals surface area (Å²) in [5, 5.41) is 12.6. The van der Waals surface area contributed by atoms with Crippen LogP contribution in [0.3, 0.4) is 0 Å². The van der Waals surface area contributed by atoms with Gasteiger partial charge in [-0.3, -0.25) is 19.2 Å². The van der Waals surface area contributed by atoms with Gasteiger partial charge in [0.25, 0.3) is 5.91 Å². The normalized spacial score (nSPS) is 19.6. The van der Waals surface area contributed by atoms with Gasteiger partial charge in [-0.25, -0.2) is 4.90 Å². The molecule has 1 fully saturated rings. The number of benzene rings is 3. The Morgan fingerprint density at radius 2 is 1.68 bits per heavy atom. The summed E-state index contributed by atoms with van der Waals surface area (Å²) >= 11 is 14.5. The zero-order valence-electron chi connectivity index (χ0n) is 20.8. The Kier molecular flexibility index (Phi) is 7.28. The smallest absolute Gasteiger partial charge is 0.305 e. The van der Waals surface area contributed by atoms with Gasteiger partial charge >= 0.3 is 4.87 Å². The van der Waals surface area contributed by atoms with E-state index in [2.05, 4.69) is 10.3 Å². The lowest BCUT2D eigenvalue weighted by Crippen LogP contribution is -2.32. The minimum absolute atomic E-state index is 0.0648. The molecule has 3 amide bonds. The van der Waals surface area contributed by atoms with Gasteiger partial charge < -0.3 is 20.1 Å².